The van der Waals surface area contributed by atoms with Crippen molar-refractivity contribution in [2.24, 2.45) is 4.99 Å². The van der Waals surface area contributed by atoms with Gasteiger partial charge in [0.25, 0.3) is 0 Å². The summed E-state index contributed by atoms with van der Waals surface area (Å²) < 4.78 is 5.52. The lowest BCUT2D eigenvalue weighted by Gasteiger charge is -2.18. The van der Waals surface area contributed by atoms with Crippen LogP contribution in [0.25, 0.3) is 0 Å². The Morgan fingerprint density at radius 1 is 1.22 bits per heavy atom. The molecule has 0 fully saturated rings. The van der Waals surface area contributed by atoms with Gasteiger partial charge in [-0.25, -0.2) is 4.98 Å². The van der Waals surface area contributed by atoms with Crippen molar-refractivity contribution in [1.82, 2.24) is 20.5 Å². The summed E-state index contributed by atoms with van der Waals surface area (Å²) in [6.45, 7) is 5.34. The summed E-state index contributed by atoms with van der Waals surface area (Å²) in [4.78, 5) is 22.4. The zero-order valence-corrected chi connectivity index (χ0v) is 18.6. The van der Waals surface area contributed by atoms with Gasteiger partial charge < -0.3 is 20.0 Å². The molecule has 0 bridgehead atoms. The Bertz CT molecular complexity index is 726. The van der Waals surface area contributed by atoms with Crippen LogP contribution in [-0.4, -0.2) is 42.4 Å². The lowest BCUT2D eigenvalue weighted by molar-refractivity contribution is -0.130. The van der Waals surface area contributed by atoms with Gasteiger partial charge >= 0.3 is 0 Å². The number of carbonyl (C=O) groups excluding carboxylic acids is 1. The second kappa shape index (κ2) is 11.6. The Morgan fingerprint density at radius 3 is 2.52 bits per heavy atom. The van der Waals surface area contributed by atoms with Crippen LogP contribution in [0.2, 0.25) is 0 Å². The standard InChI is InChI=1S/C19H27N5O2.HI/c1-14-15(2)26-17(23-14)12-22-19(20-3)21-11-10-18(25)24(4)13-16-8-6-5-7-9-16;/h5-9H,10-13H2,1-4H3,(H2,20,21,22);1H. The molecule has 0 aliphatic rings. The van der Waals surface area contributed by atoms with Gasteiger partial charge in [0.15, 0.2) is 5.96 Å². The van der Waals surface area contributed by atoms with E-state index >= 15 is 0 Å². The van der Waals surface area contributed by atoms with Crippen molar-refractivity contribution in [3.63, 3.8) is 0 Å². The van der Waals surface area contributed by atoms with Crippen molar-refractivity contribution in [3.8, 4) is 0 Å². The molecule has 0 spiro atoms. The van der Waals surface area contributed by atoms with Crippen LogP contribution >= 0.6 is 24.0 Å². The summed E-state index contributed by atoms with van der Waals surface area (Å²) in [5, 5.41) is 6.26. The third kappa shape index (κ3) is 7.58. The van der Waals surface area contributed by atoms with Crippen LogP contribution in [0.4, 0.5) is 0 Å². The van der Waals surface area contributed by atoms with Gasteiger partial charge in [0.05, 0.1) is 12.2 Å². The van der Waals surface area contributed by atoms with Crippen LogP contribution in [0.5, 0.6) is 0 Å². The van der Waals surface area contributed by atoms with Crippen LogP contribution in [-0.2, 0) is 17.9 Å². The lowest BCUT2D eigenvalue weighted by Crippen LogP contribution is -2.39. The number of aryl methyl sites for hydroxylation is 2. The van der Waals surface area contributed by atoms with Crippen LogP contribution in [0.1, 0.15) is 29.3 Å². The monoisotopic (exact) mass is 485 g/mol. The number of nitrogens with zero attached hydrogens (tertiary/aromatic N) is 3. The SMILES string of the molecule is CN=C(NCCC(=O)N(C)Cc1ccccc1)NCc1nc(C)c(C)o1.I. The molecular formula is C19H28IN5O2. The molecule has 0 atom stereocenters. The zero-order valence-electron chi connectivity index (χ0n) is 16.3. The van der Waals surface area contributed by atoms with Crippen molar-refractivity contribution in [2.75, 3.05) is 20.6 Å². The maximum Gasteiger partial charge on any atom is 0.224 e. The fourth-order valence-electron chi connectivity index (χ4n) is 2.42. The summed E-state index contributed by atoms with van der Waals surface area (Å²) in [6, 6.07) is 9.94. The number of halogens is 1. The van der Waals surface area contributed by atoms with Crippen LogP contribution < -0.4 is 10.6 Å². The van der Waals surface area contributed by atoms with Gasteiger partial charge in [0, 0.05) is 33.6 Å². The van der Waals surface area contributed by atoms with E-state index in [1.165, 1.54) is 0 Å². The number of hydrogen-bond acceptors (Lipinski definition) is 4. The minimum Gasteiger partial charge on any atom is -0.444 e. The summed E-state index contributed by atoms with van der Waals surface area (Å²) in [5.41, 5.74) is 2.00. The normalized spacial score (nSPS) is 10.9. The lowest BCUT2D eigenvalue weighted by atomic mass is 10.2. The highest BCUT2D eigenvalue weighted by atomic mass is 127. The fourth-order valence-corrected chi connectivity index (χ4v) is 2.42. The van der Waals surface area contributed by atoms with E-state index in [2.05, 4.69) is 20.6 Å². The number of amides is 1. The number of aromatic nitrogens is 1. The maximum atomic E-state index is 12.2. The highest BCUT2D eigenvalue weighted by molar-refractivity contribution is 14.0. The van der Waals surface area contributed by atoms with E-state index in [9.17, 15) is 4.79 Å². The van der Waals surface area contributed by atoms with Gasteiger partial charge in [-0.1, -0.05) is 30.3 Å². The number of guanidine groups is 1. The highest BCUT2D eigenvalue weighted by Gasteiger charge is 2.10. The largest absolute Gasteiger partial charge is 0.444 e. The first kappa shape index (κ1) is 22.9. The van der Waals surface area contributed by atoms with Crippen LogP contribution in [0.3, 0.4) is 0 Å². The Labute approximate surface area is 177 Å². The Hall–Kier alpha value is -2.10. The second-order valence-corrected chi connectivity index (χ2v) is 6.09. The number of hydrogen-bond donors (Lipinski definition) is 2. The van der Waals surface area contributed by atoms with Gasteiger partial charge in [0.2, 0.25) is 11.8 Å². The predicted molar refractivity (Wildman–Crippen MR) is 117 cm³/mol. The Kier molecular flexibility index (Phi) is 9.84. The zero-order chi connectivity index (χ0) is 18.9. The number of aliphatic imine (C=N–C) groups is 1. The van der Waals surface area contributed by atoms with E-state index in [1.807, 2.05) is 51.2 Å². The Balaban J connectivity index is 0.00000364. The first-order chi connectivity index (χ1) is 12.5. The van der Waals surface area contributed by atoms with E-state index in [0.29, 0.717) is 37.9 Å². The molecule has 0 saturated carbocycles. The van der Waals surface area contributed by atoms with Crippen molar-refractivity contribution in [1.29, 1.82) is 0 Å². The van der Waals surface area contributed by atoms with Gasteiger partial charge in [-0.2, -0.15) is 0 Å². The molecule has 0 aliphatic heterocycles. The molecule has 1 aromatic carbocycles. The average molecular weight is 485 g/mol. The molecule has 2 aromatic rings. The molecule has 1 heterocycles. The third-order valence-corrected chi connectivity index (χ3v) is 4.02. The average Bonchev–Trinajstić information content (AvgIpc) is 2.96. The summed E-state index contributed by atoms with van der Waals surface area (Å²) in [5.74, 6) is 2.12. The van der Waals surface area contributed by atoms with Gasteiger partial charge in [-0.15, -0.1) is 24.0 Å². The first-order valence-electron chi connectivity index (χ1n) is 8.65. The van der Waals surface area contributed by atoms with E-state index in [1.54, 1.807) is 11.9 Å². The van der Waals surface area contributed by atoms with Gasteiger partial charge in [-0.3, -0.25) is 9.79 Å². The topological polar surface area (TPSA) is 82.8 Å². The summed E-state index contributed by atoms with van der Waals surface area (Å²) in [6.07, 6.45) is 0.390. The molecule has 0 radical (unpaired) electrons. The summed E-state index contributed by atoms with van der Waals surface area (Å²) in [7, 11) is 3.50. The summed E-state index contributed by atoms with van der Waals surface area (Å²) >= 11 is 0. The maximum absolute atomic E-state index is 12.2. The molecule has 8 heteroatoms. The van der Waals surface area contributed by atoms with Crippen LogP contribution in [0, 0.1) is 13.8 Å². The Morgan fingerprint density at radius 2 is 1.93 bits per heavy atom. The number of carbonyl (C=O) groups is 1. The van der Waals surface area contributed by atoms with Crippen molar-refractivity contribution >= 4 is 35.8 Å². The molecule has 0 aliphatic carbocycles. The molecule has 1 aromatic heterocycles. The molecule has 7 nitrogen and oxygen atoms in total. The van der Waals surface area contributed by atoms with E-state index in [4.69, 9.17) is 4.42 Å². The van der Waals surface area contributed by atoms with Gasteiger partial charge in [-0.05, 0) is 19.4 Å². The molecule has 1 amide bonds. The van der Waals surface area contributed by atoms with E-state index in [-0.39, 0.29) is 29.9 Å². The number of oxazole rings is 1. The number of rotatable bonds is 7. The van der Waals surface area contributed by atoms with Gasteiger partial charge in [0.1, 0.15) is 5.76 Å². The van der Waals surface area contributed by atoms with E-state index < -0.39 is 0 Å². The molecule has 2 N–H and O–H groups in total. The molecule has 0 unspecified atom stereocenters. The predicted octanol–water partition coefficient (Wildman–Crippen LogP) is 2.62. The fraction of sp³-hybridized carbons (Fsp3) is 0.421. The number of nitrogens with one attached hydrogen (secondary N) is 2. The molecule has 148 valence electrons. The van der Waals surface area contributed by atoms with E-state index in [0.717, 1.165) is 17.0 Å². The van der Waals surface area contributed by atoms with Crippen molar-refractivity contribution in [3.05, 3.63) is 53.2 Å². The minimum absolute atomic E-state index is 0. The quantitative estimate of drug-likeness (QED) is 0.358. The first-order valence-corrected chi connectivity index (χ1v) is 8.65. The third-order valence-electron chi connectivity index (χ3n) is 4.02. The molecule has 27 heavy (non-hydrogen) atoms. The number of benzene rings is 1. The smallest absolute Gasteiger partial charge is 0.224 e. The minimum atomic E-state index is 0. The van der Waals surface area contributed by atoms with Crippen LogP contribution in [0.15, 0.2) is 39.7 Å². The molecular weight excluding hydrogens is 457 g/mol. The van der Waals surface area contributed by atoms with Crippen molar-refractivity contribution in [2.45, 2.75) is 33.4 Å². The van der Waals surface area contributed by atoms with Crippen molar-refractivity contribution < 1.29 is 9.21 Å². The molecule has 0 saturated heterocycles. The highest BCUT2D eigenvalue weighted by Crippen LogP contribution is 2.07. The molecule has 2 rings (SSSR count). The second-order valence-electron chi connectivity index (χ2n) is 6.09.